The number of nitrogens with one attached hydrogen (secondary N) is 1. The van der Waals surface area contributed by atoms with Gasteiger partial charge in [0.05, 0.1) is 29.9 Å². The van der Waals surface area contributed by atoms with E-state index in [0.29, 0.717) is 24.5 Å². The van der Waals surface area contributed by atoms with Gasteiger partial charge >= 0.3 is 0 Å². The van der Waals surface area contributed by atoms with Gasteiger partial charge in [-0.3, -0.25) is 14.5 Å². The molecule has 3 aromatic rings. The lowest BCUT2D eigenvalue weighted by atomic mass is 9.83. The standard InChI is InChI=1S/C26H32FN9/c1-19-5-4-6-21(23(19)27)15-34-9-11-36(12-10-34)26(7-8-28)17-35(18-26)24-20(2)13-29-25(32-24)31-22-14-30-33(3)16-22/h4-6,13-14,16H,7,9-12,15,17-18H2,1-3H3,(H,29,31,32). The van der Waals surface area contributed by atoms with Crippen LogP contribution in [0.1, 0.15) is 23.1 Å². The molecule has 0 atom stereocenters. The molecule has 0 amide bonds. The number of halogens is 1. The number of aryl methyl sites for hydroxylation is 3. The molecule has 188 valence electrons. The molecule has 2 saturated heterocycles. The molecule has 0 saturated carbocycles. The lowest BCUT2D eigenvalue weighted by molar-refractivity contribution is 0.0128. The zero-order valence-electron chi connectivity index (χ0n) is 21.1. The summed E-state index contributed by atoms with van der Waals surface area (Å²) in [5.74, 6) is 1.31. The second kappa shape index (κ2) is 9.84. The first kappa shape index (κ1) is 24.2. The van der Waals surface area contributed by atoms with Gasteiger partial charge in [0.2, 0.25) is 5.95 Å². The van der Waals surface area contributed by atoms with Crippen LogP contribution in [0.2, 0.25) is 0 Å². The van der Waals surface area contributed by atoms with E-state index < -0.39 is 0 Å². The van der Waals surface area contributed by atoms with Gasteiger partial charge in [0.15, 0.2) is 0 Å². The quantitative estimate of drug-likeness (QED) is 0.542. The van der Waals surface area contributed by atoms with Gasteiger partial charge < -0.3 is 10.2 Å². The first-order valence-electron chi connectivity index (χ1n) is 12.3. The first-order chi connectivity index (χ1) is 17.4. The van der Waals surface area contributed by atoms with Crippen LogP contribution in [0.25, 0.3) is 0 Å². The Kier molecular flexibility index (Phi) is 6.60. The topological polar surface area (TPSA) is 89.1 Å². The zero-order valence-corrected chi connectivity index (χ0v) is 21.1. The third kappa shape index (κ3) is 4.76. The lowest BCUT2D eigenvalue weighted by Gasteiger charge is -2.57. The van der Waals surface area contributed by atoms with Gasteiger partial charge in [-0.25, -0.2) is 9.37 Å². The molecule has 2 aliphatic rings. The summed E-state index contributed by atoms with van der Waals surface area (Å²) in [6.07, 6.45) is 5.91. The van der Waals surface area contributed by atoms with Crippen molar-refractivity contribution in [1.82, 2.24) is 29.5 Å². The van der Waals surface area contributed by atoms with Crippen LogP contribution in [-0.2, 0) is 13.6 Å². The normalized spacial score (nSPS) is 18.0. The van der Waals surface area contributed by atoms with Gasteiger partial charge in [-0.15, -0.1) is 0 Å². The highest BCUT2D eigenvalue weighted by Gasteiger charge is 2.49. The number of hydrogen-bond donors (Lipinski definition) is 1. The number of nitrogens with zero attached hydrogens (tertiary/aromatic N) is 8. The van der Waals surface area contributed by atoms with Gasteiger partial charge in [0.25, 0.3) is 0 Å². The van der Waals surface area contributed by atoms with Crippen LogP contribution in [0.5, 0.6) is 0 Å². The highest BCUT2D eigenvalue weighted by atomic mass is 19.1. The van der Waals surface area contributed by atoms with Crippen molar-refractivity contribution >= 4 is 17.5 Å². The third-order valence-corrected chi connectivity index (χ3v) is 7.29. The Labute approximate surface area is 211 Å². The highest BCUT2D eigenvalue weighted by molar-refractivity contribution is 5.57. The van der Waals surface area contributed by atoms with Gasteiger partial charge in [0.1, 0.15) is 11.6 Å². The van der Waals surface area contributed by atoms with E-state index in [1.54, 1.807) is 10.9 Å². The molecule has 2 fully saturated rings. The molecule has 0 radical (unpaired) electrons. The molecule has 2 aromatic heterocycles. The number of nitriles is 1. The Hall–Kier alpha value is -3.55. The fraction of sp³-hybridized carbons (Fsp3) is 0.462. The molecule has 10 heteroatoms. The average Bonchev–Trinajstić information content (AvgIpc) is 3.25. The third-order valence-electron chi connectivity index (χ3n) is 7.29. The van der Waals surface area contributed by atoms with E-state index in [4.69, 9.17) is 4.98 Å². The van der Waals surface area contributed by atoms with Crippen molar-refractivity contribution in [3.63, 3.8) is 0 Å². The smallest absolute Gasteiger partial charge is 0.229 e. The summed E-state index contributed by atoms with van der Waals surface area (Å²) < 4.78 is 16.2. The molecule has 0 unspecified atom stereocenters. The number of hydrogen-bond acceptors (Lipinski definition) is 8. The second-order valence-corrected chi connectivity index (χ2v) is 9.95. The zero-order chi connectivity index (χ0) is 25.3. The van der Waals surface area contributed by atoms with Crippen LogP contribution in [0.3, 0.4) is 0 Å². The Bertz CT molecular complexity index is 1270. The molecule has 0 bridgehead atoms. The van der Waals surface area contributed by atoms with E-state index in [1.807, 2.05) is 51.5 Å². The van der Waals surface area contributed by atoms with Crippen molar-refractivity contribution in [2.75, 3.05) is 49.5 Å². The van der Waals surface area contributed by atoms with Crippen molar-refractivity contribution in [1.29, 1.82) is 5.26 Å². The molecule has 1 N–H and O–H groups in total. The van der Waals surface area contributed by atoms with Crippen molar-refractivity contribution in [2.24, 2.45) is 7.05 Å². The van der Waals surface area contributed by atoms with Gasteiger partial charge in [-0.2, -0.15) is 15.3 Å². The van der Waals surface area contributed by atoms with E-state index in [1.165, 1.54) is 0 Å². The van der Waals surface area contributed by atoms with E-state index >= 15 is 0 Å². The minimum atomic E-state index is -0.191. The second-order valence-electron chi connectivity index (χ2n) is 9.95. The molecule has 36 heavy (non-hydrogen) atoms. The van der Waals surface area contributed by atoms with Crippen LogP contribution in [-0.4, -0.2) is 74.4 Å². The summed E-state index contributed by atoms with van der Waals surface area (Å²) in [7, 11) is 1.86. The maximum atomic E-state index is 14.5. The minimum Gasteiger partial charge on any atom is -0.352 e. The van der Waals surface area contributed by atoms with Gasteiger partial charge in [0, 0.05) is 76.4 Å². The van der Waals surface area contributed by atoms with E-state index in [-0.39, 0.29) is 11.4 Å². The molecule has 4 heterocycles. The van der Waals surface area contributed by atoms with Crippen molar-refractivity contribution in [3.8, 4) is 6.07 Å². The van der Waals surface area contributed by atoms with Gasteiger partial charge in [-0.1, -0.05) is 18.2 Å². The number of piperazine rings is 1. The van der Waals surface area contributed by atoms with E-state index in [0.717, 1.165) is 61.9 Å². The summed E-state index contributed by atoms with van der Waals surface area (Å²) in [4.78, 5) is 16.2. The Morgan fingerprint density at radius 3 is 2.58 bits per heavy atom. The molecule has 9 nitrogen and oxygen atoms in total. The Morgan fingerprint density at radius 2 is 1.89 bits per heavy atom. The van der Waals surface area contributed by atoms with E-state index in [2.05, 4.69) is 36.2 Å². The summed E-state index contributed by atoms with van der Waals surface area (Å²) >= 11 is 0. The largest absolute Gasteiger partial charge is 0.352 e. The Morgan fingerprint density at radius 1 is 1.11 bits per heavy atom. The summed E-state index contributed by atoms with van der Waals surface area (Å²) in [5, 5.41) is 17.0. The number of benzene rings is 1. The van der Waals surface area contributed by atoms with Crippen molar-refractivity contribution in [3.05, 3.63) is 59.3 Å². The number of anilines is 3. The van der Waals surface area contributed by atoms with Crippen LogP contribution >= 0.6 is 0 Å². The SMILES string of the molecule is Cc1cnc(Nc2cnn(C)c2)nc1N1CC(CC#N)(N2CCN(Cc3cccc(C)c3F)CC2)C1. The molecule has 2 aliphatic heterocycles. The van der Waals surface area contributed by atoms with Crippen molar-refractivity contribution < 1.29 is 4.39 Å². The highest BCUT2D eigenvalue weighted by Crippen LogP contribution is 2.36. The van der Waals surface area contributed by atoms with Crippen LogP contribution < -0.4 is 10.2 Å². The van der Waals surface area contributed by atoms with Crippen LogP contribution in [0.4, 0.5) is 21.8 Å². The molecular weight excluding hydrogens is 457 g/mol. The number of rotatable bonds is 7. The predicted molar refractivity (Wildman–Crippen MR) is 136 cm³/mol. The van der Waals surface area contributed by atoms with Crippen molar-refractivity contribution in [2.45, 2.75) is 32.4 Å². The Balaban J connectivity index is 1.23. The molecule has 5 rings (SSSR count). The summed E-state index contributed by atoms with van der Waals surface area (Å²) in [6.45, 7) is 9.36. The summed E-state index contributed by atoms with van der Waals surface area (Å²) in [6, 6.07) is 8.02. The lowest BCUT2D eigenvalue weighted by Crippen LogP contribution is -2.72. The molecule has 0 spiro atoms. The van der Waals surface area contributed by atoms with Crippen LogP contribution in [0, 0.1) is 31.0 Å². The maximum absolute atomic E-state index is 14.5. The average molecular weight is 490 g/mol. The van der Waals surface area contributed by atoms with E-state index in [9.17, 15) is 9.65 Å². The van der Waals surface area contributed by atoms with Crippen LogP contribution in [0.15, 0.2) is 36.8 Å². The summed E-state index contributed by atoms with van der Waals surface area (Å²) in [5.41, 5.74) is 3.08. The monoisotopic (exact) mass is 489 g/mol. The molecular formula is C26H32FN9. The fourth-order valence-corrected chi connectivity index (χ4v) is 5.26. The number of aromatic nitrogens is 4. The minimum absolute atomic E-state index is 0.104. The predicted octanol–water partition coefficient (Wildman–Crippen LogP) is 3.00. The molecule has 0 aliphatic carbocycles. The molecule has 1 aromatic carbocycles. The van der Waals surface area contributed by atoms with Gasteiger partial charge in [-0.05, 0) is 19.4 Å². The fourth-order valence-electron chi connectivity index (χ4n) is 5.26. The maximum Gasteiger partial charge on any atom is 0.229 e. The first-order valence-corrected chi connectivity index (χ1v) is 12.3.